The van der Waals surface area contributed by atoms with Crippen molar-refractivity contribution in [2.75, 3.05) is 4.90 Å². The fraction of sp³-hybridized carbons (Fsp3) is 0.0137. The van der Waals surface area contributed by atoms with Crippen LogP contribution >= 0.6 is 0 Å². The van der Waals surface area contributed by atoms with Crippen LogP contribution < -0.4 is 4.90 Å². The van der Waals surface area contributed by atoms with Crippen molar-refractivity contribution in [3.8, 4) is 39.1 Å². The minimum atomic E-state index is -0.494. The normalized spacial score (nSPS) is 12.6. The molecule has 0 fully saturated rings. The van der Waals surface area contributed by atoms with E-state index in [2.05, 4.69) is 301 Å². The summed E-state index contributed by atoms with van der Waals surface area (Å²) in [7, 11) is 0. The highest BCUT2D eigenvalue weighted by atomic mass is 15.1. The average molecular weight is 953 g/mol. The van der Waals surface area contributed by atoms with Crippen molar-refractivity contribution in [3.05, 3.63) is 313 Å². The van der Waals surface area contributed by atoms with Crippen LogP contribution in [0, 0.1) is 0 Å². The van der Waals surface area contributed by atoms with E-state index in [-0.39, 0.29) is 0 Å². The Balaban J connectivity index is 0.908. The van der Waals surface area contributed by atoms with E-state index in [9.17, 15) is 0 Å². The molecule has 1 heterocycles. The van der Waals surface area contributed by atoms with Gasteiger partial charge in [0.1, 0.15) is 0 Å². The molecule has 0 unspecified atom stereocenters. The number of hydrogen-bond acceptors (Lipinski definition) is 1. The van der Waals surface area contributed by atoms with E-state index < -0.39 is 5.41 Å². The maximum Gasteiger partial charge on any atom is 0.0714 e. The molecule has 0 aliphatic heterocycles. The van der Waals surface area contributed by atoms with Gasteiger partial charge in [0.15, 0.2) is 0 Å². The summed E-state index contributed by atoms with van der Waals surface area (Å²) in [5.74, 6) is 0. The Morgan fingerprint density at radius 1 is 0.280 bits per heavy atom. The molecule has 350 valence electrons. The number of anilines is 3. The van der Waals surface area contributed by atoms with Gasteiger partial charge in [0.25, 0.3) is 0 Å². The summed E-state index contributed by atoms with van der Waals surface area (Å²) in [5, 5.41) is 9.74. The molecule has 2 heteroatoms. The van der Waals surface area contributed by atoms with Gasteiger partial charge >= 0.3 is 0 Å². The molecule has 0 saturated carbocycles. The first-order valence-electron chi connectivity index (χ1n) is 26.0. The molecule has 0 spiro atoms. The molecule has 0 radical (unpaired) electrons. The van der Waals surface area contributed by atoms with E-state index in [4.69, 9.17) is 0 Å². The van der Waals surface area contributed by atoms with Crippen molar-refractivity contribution in [2.45, 2.75) is 5.41 Å². The van der Waals surface area contributed by atoms with Crippen molar-refractivity contribution < 1.29 is 0 Å². The second kappa shape index (κ2) is 17.2. The predicted molar refractivity (Wildman–Crippen MR) is 316 cm³/mol. The molecule has 1 aromatic heterocycles. The molecule has 0 amide bonds. The van der Waals surface area contributed by atoms with Crippen LogP contribution in [0.25, 0.3) is 93.2 Å². The lowest BCUT2D eigenvalue weighted by Crippen LogP contribution is -2.28. The second-order valence-corrected chi connectivity index (χ2v) is 19.9. The lowest BCUT2D eigenvalue weighted by atomic mass is 9.67. The van der Waals surface area contributed by atoms with Gasteiger partial charge in [-0.1, -0.05) is 237 Å². The summed E-state index contributed by atoms with van der Waals surface area (Å²) in [6, 6.07) is 108. The van der Waals surface area contributed by atoms with Crippen LogP contribution in [-0.4, -0.2) is 4.57 Å². The molecule has 1 aliphatic rings. The minimum absolute atomic E-state index is 0.494. The van der Waals surface area contributed by atoms with E-state index in [1.54, 1.807) is 0 Å². The molecule has 15 rings (SSSR count). The van der Waals surface area contributed by atoms with E-state index in [1.165, 1.54) is 110 Å². The fourth-order valence-electron chi connectivity index (χ4n) is 12.8. The van der Waals surface area contributed by atoms with Crippen LogP contribution in [0.2, 0.25) is 0 Å². The number of benzene rings is 13. The molecule has 1 aliphatic carbocycles. The lowest BCUT2D eigenvalue weighted by Gasteiger charge is -2.34. The maximum absolute atomic E-state index is 2.48. The number of aromatic nitrogens is 1. The molecule has 0 atom stereocenters. The zero-order valence-corrected chi connectivity index (χ0v) is 41.1. The zero-order valence-electron chi connectivity index (χ0n) is 41.1. The lowest BCUT2D eigenvalue weighted by molar-refractivity contribution is 0.767. The Labute approximate surface area is 436 Å². The third-order valence-electron chi connectivity index (χ3n) is 16.0. The molecular weight excluding hydrogens is 905 g/mol. The van der Waals surface area contributed by atoms with E-state index in [0.717, 1.165) is 22.7 Å². The highest BCUT2D eigenvalue weighted by molar-refractivity contribution is 6.17. The smallest absolute Gasteiger partial charge is 0.0714 e. The standard InChI is InChI=1S/C73H48N2/c1-4-20-49(21-5-1)50-36-39-55(40-37-50)74(72-47-51-22-10-11-27-57(51)59-28-13-15-32-64(59)72)70-45-43-58(60-29-12-14-31-63(60)70)52-38-44-71-66(46-52)65-33-17-19-35-69(65)75(71)56-41-42-62-61-30-16-18-34-67(61)73(68(62)48-56,53-23-6-2-7-24-53)54-25-8-3-9-26-54/h1-48H. The molecule has 75 heavy (non-hydrogen) atoms. The van der Waals surface area contributed by atoms with Crippen molar-refractivity contribution in [1.29, 1.82) is 0 Å². The highest BCUT2D eigenvalue weighted by Gasteiger charge is 2.46. The third-order valence-corrected chi connectivity index (χ3v) is 16.0. The number of para-hydroxylation sites is 1. The van der Waals surface area contributed by atoms with Crippen LogP contribution in [0.1, 0.15) is 22.3 Å². The summed E-state index contributed by atoms with van der Waals surface area (Å²) in [4.78, 5) is 2.48. The molecular formula is C73H48N2. The molecule has 13 aromatic carbocycles. The van der Waals surface area contributed by atoms with Gasteiger partial charge in [0.05, 0.1) is 27.8 Å². The summed E-state index contributed by atoms with van der Waals surface area (Å²) in [6.07, 6.45) is 0. The maximum atomic E-state index is 2.48. The average Bonchev–Trinajstić information content (AvgIpc) is 4.07. The van der Waals surface area contributed by atoms with Gasteiger partial charge in [-0.25, -0.2) is 0 Å². The van der Waals surface area contributed by atoms with Gasteiger partial charge in [0.2, 0.25) is 0 Å². The summed E-state index contributed by atoms with van der Waals surface area (Å²) in [5.41, 5.74) is 18.8. The Bertz CT molecular complexity index is 4470. The van der Waals surface area contributed by atoms with Gasteiger partial charge in [-0.05, 0) is 132 Å². The predicted octanol–water partition coefficient (Wildman–Crippen LogP) is 19.4. The highest BCUT2D eigenvalue weighted by Crippen LogP contribution is 2.57. The van der Waals surface area contributed by atoms with Gasteiger partial charge in [-0.2, -0.15) is 0 Å². The third kappa shape index (κ3) is 6.60. The van der Waals surface area contributed by atoms with E-state index in [1.807, 2.05) is 0 Å². The minimum Gasteiger partial charge on any atom is -0.309 e. The Morgan fingerprint density at radius 3 is 1.56 bits per heavy atom. The quantitative estimate of drug-likeness (QED) is 0.138. The van der Waals surface area contributed by atoms with Crippen LogP contribution in [0.5, 0.6) is 0 Å². The second-order valence-electron chi connectivity index (χ2n) is 19.9. The van der Waals surface area contributed by atoms with Gasteiger partial charge < -0.3 is 9.47 Å². The number of nitrogens with zero attached hydrogens (tertiary/aromatic N) is 2. The number of hydrogen-bond donors (Lipinski definition) is 0. The first-order chi connectivity index (χ1) is 37.2. The first kappa shape index (κ1) is 42.9. The number of rotatable bonds is 8. The Kier molecular flexibility index (Phi) is 9.83. The van der Waals surface area contributed by atoms with Crippen molar-refractivity contribution >= 4 is 71.2 Å². The Morgan fingerprint density at radius 2 is 0.813 bits per heavy atom. The largest absolute Gasteiger partial charge is 0.309 e. The van der Waals surface area contributed by atoms with Gasteiger partial charge in [-0.15, -0.1) is 0 Å². The van der Waals surface area contributed by atoms with Crippen LogP contribution in [0.4, 0.5) is 17.1 Å². The molecule has 0 bridgehead atoms. The summed E-state index contributed by atoms with van der Waals surface area (Å²) >= 11 is 0. The van der Waals surface area contributed by atoms with E-state index >= 15 is 0 Å². The SMILES string of the molecule is c1ccc(-c2ccc(N(c3ccc(-c4ccc5c(c4)c4ccccc4n5-c4ccc5c(c4)C(c4ccccc4)(c4ccccc4)c4ccccc4-5)c4ccccc34)c3cc4ccccc4c4ccccc34)cc2)cc1. The van der Waals surface area contributed by atoms with Crippen LogP contribution in [0.3, 0.4) is 0 Å². The van der Waals surface area contributed by atoms with Crippen molar-refractivity contribution in [3.63, 3.8) is 0 Å². The summed E-state index contributed by atoms with van der Waals surface area (Å²) < 4.78 is 2.48. The van der Waals surface area contributed by atoms with Crippen molar-refractivity contribution in [1.82, 2.24) is 4.57 Å². The molecule has 0 N–H and O–H groups in total. The Hall–Kier alpha value is -9.76. The number of fused-ring (bicyclic) bond motifs is 10. The van der Waals surface area contributed by atoms with Crippen LogP contribution in [0.15, 0.2) is 291 Å². The molecule has 14 aromatic rings. The molecule has 2 nitrogen and oxygen atoms in total. The zero-order chi connectivity index (χ0) is 49.5. The van der Waals surface area contributed by atoms with Crippen molar-refractivity contribution in [2.24, 2.45) is 0 Å². The van der Waals surface area contributed by atoms with Gasteiger partial charge in [-0.3, -0.25) is 0 Å². The van der Waals surface area contributed by atoms with Crippen LogP contribution in [-0.2, 0) is 5.41 Å². The molecule has 0 saturated heterocycles. The van der Waals surface area contributed by atoms with Gasteiger partial charge in [0, 0.05) is 32.9 Å². The topological polar surface area (TPSA) is 8.17 Å². The first-order valence-corrected chi connectivity index (χ1v) is 26.0. The fourth-order valence-corrected chi connectivity index (χ4v) is 12.8. The van der Waals surface area contributed by atoms with E-state index in [0.29, 0.717) is 0 Å². The summed E-state index contributed by atoms with van der Waals surface area (Å²) in [6.45, 7) is 0. The monoisotopic (exact) mass is 952 g/mol.